The van der Waals surface area contributed by atoms with Crippen molar-refractivity contribution in [1.82, 2.24) is 14.8 Å². The highest BCUT2D eigenvalue weighted by Gasteiger charge is 2.18. The number of hydrogen-bond acceptors (Lipinski definition) is 4. The Morgan fingerprint density at radius 2 is 2.35 bits per heavy atom. The molecule has 0 aliphatic carbocycles. The molecule has 2 aromatic heterocycles. The molecule has 0 amide bonds. The van der Waals surface area contributed by atoms with Crippen molar-refractivity contribution < 1.29 is 5.11 Å². The largest absolute Gasteiger partial charge is 0.386 e. The number of rotatable bonds is 3. The van der Waals surface area contributed by atoms with Crippen molar-refractivity contribution in [2.24, 2.45) is 7.05 Å². The Morgan fingerprint density at radius 3 is 2.82 bits per heavy atom. The summed E-state index contributed by atoms with van der Waals surface area (Å²) in [6.45, 7) is 1.94. The van der Waals surface area contributed by atoms with Crippen LogP contribution in [-0.4, -0.2) is 19.9 Å². The Balaban J connectivity index is 2.21. The first kappa shape index (κ1) is 13.4. The quantitative estimate of drug-likeness (QED) is 0.766. The monoisotopic (exact) mass is 427 g/mol. The van der Waals surface area contributed by atoms with E-state index in [1.54, 1.807) is 10.9 Å². The number of aliphatic hydroxyl groups excluding tert-OH is 1. The van der Waals surface area contributed by atoms with Gasteiger partial charge < -0.3 is 5.11 Å². The van der Waals surface area contributed by atoms with Crippen molar-refractivity contribution in [3.63, 3.8) is 0 Å². The van der Waals surface area contributed by atoms with Crippen molar-refractivity contribution in [2.75, 3.05) is 0 Å². The van der Waals surface area contributed by atoms with Crippen LogP contribution >= 0.6 is 49.9 Å². The number of thiazole rings is 1. The van der Waals surface area contributed by atoms with E-state index in [1.165, 1.54) is 11.3 Å². The molecule has 0 fully saturated rings. The lowest BCUT2D eigenvalue weighted by Crippen LogP contribution is -2.06. The van der Waals surface area contributed by atoms with E-state index < -0.39 is 6.10 Å². The standard InChI is InChI=1S/C10H11BrIN3OS/c1-5-9(11)6(15(2)14-5)3-7(16)10-13-4-8(12)17-10/h4,7,16H,3H2,1-2H3. The molecule has 1 N–H and O–H groups in total. The lowest BCUT2D eigenvalue weighted by molar-refractivity contribution is 0.175. The summed E-state index contributed by atoms with van der Waals surface area (Å²) in [5, 5.41) is 15.2. The molecule has 0 saturated carbocycles. The van der Waals surface area contributed by atoms with E-state index in [2.05, 4.69) is 48.6 Å². The fourth-order valence-electron chi connectivity index (χ4n) is 1.59. The highest BCUT2D eigenvalue weighted by Crippen LogP contribution is 2.28. The van der Waals surface area contributed by atoms with Crippen LogP contribution in [0.15, 0.2) is 10.7 Å². The molecule has 0 aromatic carbocycles. The van der Waals surface area contributed by atoms with Gasteiger partial charge >= 0.3 is 0 Å². The molecule has 2 aromatic rings. The molecule has 0 saturated heterocycles. The van der Waals surface area contributed by atoms with Crippen molar-refractivity contribution in [1.29, 1.82) is 0 Å². The van der Waals surface area contributed by atoms with E-state index in [0.29, 0.717) is 6.42 Å². The van der Waals surface area contributed by atoms with Gasteiger partial charge in [-0.3, -0.25) is 4.68 Å². The number of hydrogen-bond donors (Lipinski definition) is 1. The number of nitrogens with zero attached hydrogens (tertiary/aromatic N) is 3. The minimum Gasteiger partial charge on any atom is -0.386 e. The summed E-state index contributed by atoms with van der Waals surface area (Å²) < 4.78 is 3.84. The van der Waals surface area contributed by atoms with Gasteiger partial charge in [0.25, 0.3) is 0 Å². The Bertz CT molecular complexity index is 540. The van der Waals surface area contributed by atoms with Crippen LogP contribution in [0.1, 0.15) is 22.5 Å². The summed E-state index contributed by atoms with van der Waals surface area (Å²) in [6, 6.07) is 0. The molecule has 0 aliphatic rings. The van der Waals surface area contributed by atoms with Gasteiger partial charge in [0.1, 0.15) is 11.1 Å². The average Bonchev–Trinajstić information content (AvgIpc) is 2.79. The normalized spacial score (nSPS) is 13.0. The predicted octanol–water partition coefficient (Wildman–Crippen LogP) is 2.83. The Labute approximate surface area is 125 Å². The molecule has 92 valence electrons. The lowest BCUT2D eigenvalue weighted by Gasteiger charge is -2.08. The number of aliphatic hydroxyl groups is 1. The van der Waals surface area contributed by atoms with Crippen molar-refractivity contribution in [2.45, 2.75) is 19.4 Å². The summed E-state index contributed by atoms with van der Waals surface area (Å²) in [5.74, 6) is 0. The Hall–Kier alpha value is 0.01000. The van der Waals surface area contributed by atoms with Gasteiger partial charge in [-0.25, -0.2) is 4.98 Å². The molecule has 2 heterocycles. The van der Waals surface area contributed by atoms with Crippen LogP contribution in [0, 0.1) is 9.81 Å². The number of aryl methyl sites for hydroxylation is 2. The van der Waals surface area contributed by atoms with Crippen LogP contribution in [0.5, 0.6) is 0 Å². The van der Waals surface area contributed by atoms with Gasteiger partial charge in [0.05, 0.1) is 24.9 Å². The highest BCUT2D eigenvalue weighted by atomic mass is 127. The molecular formula is C10H11BrIN3OS. The zero-order chi connectivity index (χ0) is 12.6. The molecule has 4 nitrogen and oxygen atoms in total. The molecule has 0 radical (unpaired) electrons. The highest BCUT2D eigenvalue weighted by molar-refractivity contribution is 14.1. The first-order valence-corrected chi connectivity index (χ1v) is 7.65. The van der Waals surface area contributed by atoms with E-state index >= 15 is 0 Å². The summed E-state index contributed by atoms with van der Waals surface area (Å²) in [4.78, 5) is 4.19. The summed E-state index contributed by atoms with van der Waals surface area (Å²) in [7, 11) is 1.88. The molecule has 1 atom stereocenters. The maximum atomic E-state index is 10.1. The molecule has 2 rings (SSSR count). The van der Waals surface area contributed by atoms with Crippen LogP contribution < -0.4 is 0 Å². The van der Waals surface area contributed by atoms with Gasteiger partial charge in [-0.15, -0.1) is 11.3 Å². The van der Waals surface area contributed by atoms with Crippen molar-refractivity contribution in [3.05, 3.63) is 29.9 Å². The number of halogens is 2. The second-order valence-corrected chi connectivity index (χ2v) is 7.44. The summed E-state index contributed by atoms with van der Waals surface area (Å²) in [5.41, 5.74) is 1.92. The van der Waals surface area contributed by atoms with Crippen LogP contribution in [0.4, 0.5) is 0 Å². The SMILES string of the molecule is Cc1nn(C)c(CC(O)c2ncc(I)s2)c1Br. The van der Waals surface area contributed by atoms with Crippen LogP contribution in [0.3, 0.4) is 0 Å². The average molecular weight is 428 g/mol. The number of aromatic nitrogens is 3. The molecular weight excluding hydrogens is 417 g/mol. The molecule has 0 spiro atoms. The molecule has 17 heavy (non-hydrogen) atoms. The second-order valence-electron chi connectivity index (χ2n) is 3.69. The van der Waals surface area contributed by atoms with Crippen molar-refractivity contribution >= 4 is 49.9 Å². The van der Waals surface area contributed by atoms with Crippen molar-refractivity contribution in [3.8, 4) is 0 Å². The van der Waals surface area contributed by atoms with Gasteiger partial charge in [-0.2, -0.15) is 5.10 Å². The van der Waals surface area contributed by atoms with Crippen LogP contribution in [0.2, 0.25) is 0 Å². The summed E-state index contributed by atoms with van der Waals surface area (Å²) in [6.07, 6.45) is 1.71. The van der Waals surface area contributed by atoms with Gasteiger partial charge in [-0.05, 0) is 45.4 Å². The van der Waals surface area contributed by atoms with E-state index in [0.717, 1.165) is 23.8 Å². The molecule has 0 aliphatic heterocycles. The Morgan fingerprint density at radius 1 is 1.65 bits per heavy atom. The van der Waals surface area contributed by atoms with Gasteiger partial charge in [0.15, 0.2) is 0 Å². The third kappa shape index (κ3) is 2.88. The predicted molar refractivity (Wildman–Crippen MR) is 79.1 cm³/mol. The Kier molecular flexibility index (Phi) is 4.22. The maximum Gasteiger partial charge on any atom is 0.123 e. The summed E-state index contributed by atoms with van der Waals surface area (Å²) >= 11 is 7.21. The topological polar surface area (TPSA) is 50.9 Å². The van der Waals surface area contributed by atoms with Gasteiger partial charge in [0, 0.05) is 13.5 Å². The zero-order valence-electron chi connectivity index (χ0n) is 9.31. The van der Waals surface area contributed by atoms with Crippen LogP contribution in [-0.2, 0) is 13.5 Å². The first-order chi connectivity index (χ1) is 7.99. The minimum atomic E-state index is -0.574. The first-order valence-electron chi connectivity index (χ1n) is 4.96. The fourth-order valence-corrected chi connectivity index (χ4v) is 3.54. The molecule has 1 unspecified atom stereocenters. The minimum absolute atomic E-state index is 0.515. The van der Waals surface area contributed by atoms with E-state index in [9.17, 15) is 5.11 Å². The molecule has 7 heteroatoms. The van der Waals surface area contributed by atoms with Gasteiger partial charge in [0.2, 0.25) is 0 Å². The fraction of sp³-hybridized carbons (Fsp3) is 0.400. The molecule has 0 bridgehead atoms. The lowest BCUT2D eigenvalue weighted by atomic mass is 10.2. The van der Waals surface area contributed by atoms with Crippen LogP contribution in [0.25, 0.3) is 0 Å². The van der Waals surface area contributed by atoms with Gasteiger partial charge in [-0.1, -0.05) is 0 Å². The zero-order valence-corrected chi connectivity index (χ0v) is 13.9. The third-order valence-electron chi connectivity index (χ3n) is 2.43. The smallest absolute Gasteiger partial charge is 0.123 e. The van der Waals surface area contributed by atoms with E-state index in [1.807, 2.05) is 14.0 Å². The second kappa shape index (κ2) is 5.33. The third-order valence-corrected chi connectivity index (χ3v) is 5.29. The van der Waals surface area contributed by atoms with E-state index in [4.69, 9.17) is 0 Å². The maximum absolute atomic E-state index is 10.1. The van der Waals surface area contributed by atoms with E-state index in [-0.39, 0.29) is 0 Å².